The Morgan fingerprint density at radius 2 is 1.67 bits per heavy atom. The second kappa shape index (κ2) is 5.96. The number of nitrogens with zero attached hydrogens (tertiary/aromatic N) is 1. The van der Waals surface area contributed by atoms with E-state index in [9.17, 15) is 4.79 Å². The van der Waals surface area contributed by atoms with Crippen LogP contribution in [0.5, 0.6) is 0 Å². The largest absolute Gasteiger partial charge is 0.334 e. The van der Waals surface area contributed by atoms with Gasteiger partial charge in [-0.05, 0) is 36.1 Å². The summed E-state index contributed by atoms with van der Waals surface area (Å²) in [6, 6.07) is 18.4. The fraction of sp³-hybridized carbons (Fsp3) is 0.211. The predicted octanol–water partition coefficient (Wildman–Crippen LogP) is 3.67. The van der Waals surface area contributed by atoms with Crippen molar-refractivity contribution < 1.29 is 4.79 Å². The van der Waals surface area contributed by atoms with Crippen molar-refractivity contribution >= 4 is 12.0 Å². The van der Waals surface area contributed by atoms with Crippen molar-refractivity contribution in [3.05, 3.63) is 76.9 Å². The highest BCUT2D eigenvalue weighted by molar-refractivity contribution is 5.97. The van der Waals surface area contributed by atoms with Gasteiger partial charge in [-0.15, -0.1) is 0 Å². The minimum absolute atomic E-state index is 0.133. The van der Waals surface area contributed by atoms with E-state index in [0.29, 0.717) is 0 Å². The highest BCUT2D eigenvalue weighted by Crippen LogP contribution is 2.20. The van der Waals surface area contributed by atoms with Gasteiger partial charge in [-0.3, -0.25) is 4.79 Å². The van der Waals surface area contributed by atoms with Gasteiger partial charge < -0.3 is 4.90 Å². The molecule has 0 fully saturated rings. The van der Waals surface area contributed by atoms with Crippen LogP contribution in [0.2, 0.25) is 0 Å². The zero-order valence-corrected chi connectivity index (χ0v) is 12.3. The molecule has 2 aromatic rings. The lowest BCUT2D eigenvalue weighted by molar-refractivity contribution is -0.127. The molecular formula is C19H19NO. The summed E-state index contributed by atoms with van der Waals surface area (Å²) in [7, 11) is 0. The Labute approximate surface area is 125 Å². The second-order valence-corrected chi connectivity index (χ2v) is 5.48. The Morgan fingerprint density at radius 3 is 2.43 bits per heavy atom. The van der Waals surface area contributed by atoms with E-state index in [0.717, 1.165) is 30.6 Å². The van der Waals surface area contributed by atoms with Crippen LogP contribution >= 0.6 is 0 Å². The second-order valence-electron chi connectivity index (χ2n) is 5.48. The van der Waals surface area contributed by atoms with E-state index < -0.39 is 0 Å². The third-order valence-electron chi connectivity index (χ3n) is 3.94. The molecule has 1 aliphatic rings. The van der Waals surface area contributed by atoms with E-state index in [1.807, 2.05) is 54.3 Å². The van der Waals surface area contributed by atoms with Gasteiger partial charge in [0.1, 0.15) is 0 Å². The third kappa shape index (κ3) is 3.05. The zero-order valence-electron chi connectivity index (χ0n) is 12.3. The Hall–Kier alpha value is -2.35. The maximum atomic E-state index is 12.6. The molecule has 2 nitrogen and oxygen atoms in total. The monoisotopic (exact) mass is 277 g/mol. The number of carbonyl (C=O) groups excluding carboxylic acids is 1. The van der Waals surface area contributed by atoms with Gasteiger partial charge in [-0.1, -0.05) is 54.6 Å². The SMILES string of the molecule is CC(=Cc1ccccc1)C(=O)N1CCc2ccccc2C1. The van der Waals surface area contributed by atoms with E-state index in [-0.39, 0.29) is 5.91 Å². The van der Waals surface area contributed by atoms with E-state index in [4.69, 9.17) is 0 Å². The van der Waals surface area contributed by atoms with Crippen molar-refractivity contribution in [2.45, 2.75) is 19.9 Å². The lowest BCUT2D eigenvalue weighted by Gasteiger charge is -2.29. The summed E-state index contributed by atoms with van der Waals surface area (Å²) < 4.78 is 0. The molecule has 1 heterocycles. The van der Waals surface area contributed by atoms with Crippen LogP contribution in [0, 0.1) is 0 Å². The van der Waals surface area contributed by atoms with Gasteiger partial charge in [0.2, 0.25) is 5.91 Å². The van der Waals surface area contributed by atoms with Gasteiger partial charge >= 0.3 is 0 Å². The summed E-state index contributed by atoms with van der Waals surface area (Å²) >= 11 is 0. The Morgan fingerprint density at radius 1 is 1.00 bits per heavy atom. The van der Waals surface area contributed by atoms with Crippen molar-refractivity contribution in [3.8, 4) is 0 Å². The fourth-order valence-corrected chi connectivity index (χ4v) is 2.78. The minimum Gasteiger partial charge on any atom is -0.334 e. The van der Waals surface area contributed by atoms with Crippen LogP contribution in [0.25, 0.3) is 6.08 Å². The number of benzene rings is 2. The van der Waals surface area contributed by atoms with Gasteiger partial charge in [0.25, 0.3) is 0 Å². The zero-order chi connectivity index (χ0) is 14.7. The molecule has 0 aliphatic carbocycles. The van der Waals surface area contributed by atoms with E-state index in [1.165, 1.54) is 11.1 Å². The molecule has 0 saturated heterocycles. The van der Waals surface area contributed by atoms with E-state index >= 15 is 0 Å². The van der Waals surface area contributed by atoms with Crippen molar-refractivity contribution in [1.29, 1.82) is 0 Å². The topological polar surface area (TPSA) is 20.3 Å². The molecule has 0 radical (unpaired) electrons. The summed E-state index contributed by atoms with van der Waals surface area (Å²) in [4.78, 5) is 14.5. The van der Waals surface area contributed by atoms with Crippen LogP contribution in [0.3, 0.4) is 0 Å². The first-order valence-electron chi connectivity index (χ1n) is 7.33. The average molecular weight is 277 g/mol. The van der Waals surface area contributed by atoms with Gasteiger partial charge in [0.05, 0.1) is 0 Å². The summed E-state index contributed by atoms with van der Waals surface area (Å²) in [5.41, 5.74) is 4.50. The van der Waals surface area contributed by atoms with Crippen molar-refractivity contribution in [1.82, 2.24) is 4.90 Å². The molecule has 1 amide bonds. The molecule has 0 saturated carbocycles. The molecule has 0 unspecified atom stereocenters. The lowest BCUT2D eigenvalue weighted by atomic mass is 9.99. The normalized spacial score (nSPS) is 14.7. The van der Waals surface area contributed by atoms with Crippen LogP contribution in [-0.2, 0) is 17.8 Å². The third-order valence-corrected chi connectivity index (χ3v) is 3.94. The molecule has 2 heteroatoms. The molecule has 0 bridgehead atoms. The maximum absolute atomic E-state index is 12.6. The van der Waals surface area contributed by atoms with Crippen LogP contribution in [0.15, 0.2) is 60.2 Å². The summed E-state index contributed by atoms with van der Waals surface area (Å²) in [5, 5.41) is 0. The van der Waals surface area contributed by atoms with Crippen molar-refractivity contribution in [2.24, 2.45) is 0 Å². The average Bonchev–Trinajstić information content (AvgIpc) is 2.54. The standard InChI is InChI=1S/C19H19NO/c1-15(13-16-7-3-2-4-8-16)19(21)20-12-11-17-9-5-6-10-18(17)14-20/h2-10,13H,11-12,14H2,1H3. The first-order chi connectivity index (χ1) is 10.2. The fourth-order valence-electron chi connectivity index (χ4n) is 2.78. The molecule has 1 aliphatic heterocycles. The maximum Gasteiger partial charge on any atom is 0.249 e. The van der Waals surface area contributed by atoms with Gasteiger partial charge in [0.15, 0.2) is 0 Å². The molecule has 21 heavy (non-hydrogen) atoms. The number of carbonyl (C=O) groups is 1. The van der Waals surface area contributed by atoms with Crippen molar-refractivity contribution in [3.63, 3.8) is 0 Å². The van der Waals surface area contributed by atoms with E-state index in [2.05, 4.69) is 18.2 Å². The van der Waals surface area contributed by atoms with Gasteiger partial charge in [-0.25, -0.2) is 0 Å². The van der Waals surface area contributed by atoms with Gasteiger partial charge in [-0.2, -0.15) is 0 Å². The van der Waals surface area contributed by atoms with Crippen LogP contribution in [0.4, 0.5) is 0 Å². The number of hydrogen-bond acceptors (Lipinski definition) is 1. The first-order valence-corrected chi connectivity index (χ1v) is 7.33. The smallest absolute Gasteiger partial charge is 0.249 e. The summed E-state index contributed by atoms with van der Waals surface area (Å²) in [6.45, 7) is 3.42. The molecular weight excluding hydrogens is 258 g/mol. The summed E-state index contributed by atoms with van der Waals surface area (Å²) in [5.74, 6) is 0.133. The number of rotatable bonds is 2. The quantitative estimate of drug-likeness (QED) is 0.767. The number of fused-ring (bicyclic) bond motifs is 1. The molecule has 0 spiro atoms. The highest BCUT2D eigenvalue weighted by atomic mass is 16.2. The number of hydrogen-bond donors (Lipinski definition) is 0. The predicted molar refractivity (Wildman–Crippen MR) is 85.7 cm³/mol. The molecule has 0 aromatic heterocycles. The van der Waals surface area contributed by atoms with Gasteiger partial charge in [0, 0.05) is 18.7 Å². The molecule has 3 rings (SSSR count). The van der Waals surface area contributed by atoms with Crippen LogP contribution in [-0.4, -0.2) is 17.4 Å². The van der Waals surface area contributed by atoms with Crippen LogP contribution in [0.1, 0.15) is 23.6 Å². The van der Waals surface area contributed by atoms with Crippen LogP contribution < -0.4 is 0 Å². The van der Waals surface area contributed by atoms with E-state index in [1.54, 1.807) is 0 Å². The molecule has 0 atom stereocenters. The Kier molecular flexibility index (Phi) is 3.87. The molecule has 106 valence electrons. The molecule has 0 N–H and O–H groups in total. The Balaban J connectivity index is 1.76. The number of amides is 1. The lowest BCUT2D eigenvalue weighted by Crippen LogP contribution is -2.36. The summed E-state index contributed by atoms with van der Waals surface area (Å²) in [6.07, 6.45) is 2.91. The van der Waals surface area contributed by atoms with Crippen molar-refractivity contribution in [2.75, 3.05) is 6.54 Å². The first kappa shape index (κ1) is 13.6. The molecule has 2 aromatic carbocycles. The Bertz CT molecular complexity index is 673. The highest BCUT2D eigenvalue weighted by Gasteiger charge is 2.21. The minimum atomic E-state index is 0.133.